The minimum atomic E-state index is -3.50. The number of likely N-dealkylation sites (tertiary alicyclic amines) is 1. The van der Waals surface area contributed by atoms with Crippen LogP contribution in [-0.4, -0.2) is 68.0 Å². The average molecular weight is 351 g/mol. The number of sulfonamides is 1. The summed E-state index contributed by atoms with van der Waals surface area (Å²) < 4.78 is 33.6. The number of pyridine rings is 1. The van der Waals surface area contributed by atoms with E-state index in [4.69, 9.17) is 4.74 Å². The molecule has 0 aromatic carbocycles. The molecule has 132 valence electrons. The molecule has 3 aliphatic rings. The zero-order chi connectivity index (χ0) is 16.7. The van der Waals surface area contributed by atoms with Crippen molar-refractivity contribution < 1.29 is 13.2 Å². The summed E-state index contributed by atoms with van der Waals surface area (Å²) >= 11 is 0. The molecule has 2 aliphatic heterocycles. The molecule has 3 heterocycles. The largest absolute Gasteiger partial charge is 0.381 e. The van der Waals surface area contributed by atoms with Crippen LogP contribution in [0.25, 0.3) is 0 Å². The first-order valence-corrected chi connectivity index (χ1v) is 10.2. The number of aromatic nitrogens is 1. The molecule has 2 saturated heterocycles. The van der Waals surface area contributed by atoms with Gasteiger partial charge in [0.2, 0.25) is 10.0 Å². The Morgan fingerprint density at radius 3 is 2.79 bits per heavy atom. The van der Waals surface area contributed by atoms with E-state index in [1.165, 1.54) is 19.0 Å². The van der Waals surface area contributed by atoms with Gasteiger partial charge in [0.15, 0.2) is 0 Å². The summed E-state index contributed by atoms with van der Waals surface area (Å²) in [4.78, 5) is 6.72. The maximum atomic E-state index is 13.1. The smallest absolute Gasteiger partial charge is 0.244 e. The van der Waals surface area contributed by atoms with Gasteiger partial charge in [0.05, 0.1) is 6.10 Å². The van der Waals surface area contributed by atoms with Crippen LogP contribution in [-0.2, 0) is 14.8 Å². The molecular formula is C17H25N3O3S. The molecule has 1 aromatic heterocycles. The van der Waals surface area contributed by atoms with E-state index in [0.29, 0.717) is 11.4 Å². The van der Waals surface area contributed by atoms with Gasteiger partial charge in [-0.25, -0.2) is 8.42 Å². The van der Waals surface area contributed by atoms with Gasteiger partial charge < -0.3 is 9.64 Å². The fourth-order valence-corrected chi connectivity index (χ4v) is 5.88. The van der Waals surface area contributed by atoms with Crippen LogP contribution in [0.15, 0.2) is 29.4 Å². The highest BCUT2D eigenvalue weighted by Crippen LogP contribution is 2.38. The van der Waals surface area contributed by atoms with Crippen molar-refractivity contribution in [2.24, 2.45) is 11.8 Å². The van der Waals surface area contributed by atoms with Crippen LogP contribution in [0.2, 0.25) is 0 Å². The molecule has 4 rings (SSSR count). The summed E-state index contributed by atoms with van der Waals surface area (Å²) in [7, 11) is -1.75. The molecule has 0 amide bonds. The van der Waals surface area contributed by atoms with Gasteiger partial charge in [-0.1, -0.05) is 0 Å². The number of hydrogen-bond donors (Lipinski definition) is 0. The van der Waals surface area contributed by atoms with Gasteiger partial charge in [-0.2, -0.15) is 4.31 Å². The molecule has 3 fully saturated rings. The lowest BCUT2D eigenvalue weighted by Crippen LogP contribution is -2.53. The first kappa shape index (κ1) is 16.4. The third-order valence-electron chi connectivity index (χ3n) is 5.65. The summed E-state index contributed by atoms with van der Waals surface area (Å²) in [6.45, 7) is 3.39. The van der Waals surface area contributed by atoms with Crippen LogP contribution in [0, 0.1) is 11.8 Å². The Bertz CT molecular complexity index is 678. The molecular weight excluding hydrogens is 326 g/mol. The first-order chi connectivity index (χ1) is 11.6. The standard InChI is InChI=1S/C17H25N3O3S/c1-23-17-6-8-20(24(21,22)14-3-2-7-18-9-14)16-12-19(11-15(16)17)10-13-4-5-13/h2-3,7,9,13,15-17H,4-6,8,10-12H2,1H3/t15-,16+,17+/m0/s1. The van der Waals surface area contributed by atoms with Gasteiger partial charge >= 0.3 is 0 Å². The van der Waals surface area contributed by atoms with E-state index < -0.39 is 10.0 Å². The minimum Gasteiger partial charge on any atom is -0.381 e. The Morgan fingerprint density at radius 2 is 2.12 bits per heavy atom. The molecule has 1 aromatic rings. The Balaban J connectivity index is 1.59. The van der Waals surface area contributed by atoms with Crippen molar-refractivity contribution in [2.45, 2.75) is 36.3 Å². The normalized spacial score (nSPS) is 32.0. The molecule has 3 atom stereocenters. The van der Waals surface area contributed by atoms with Crippen LogP contribution in [0.5, 0.6) is 0 Å². The molecule has 0 spiro atoms. The fourth-order valence-electron chi connectivity index (χ4n) is 4.24. The van der Waals surface area contributed by atoms with Crippen LogP contribution in [0.4, 0.5) is 0 Å². The van der Waals surface area contributed by atoms with E-state index in [-0.39, 0.29) is 18.1 Å². The lowest BCUT2D eigenvalue weighted by atomic mass is 9.91. The molecule has 0 N–H and O–H groups in total. The second-order valence-electron chi connectivity index (χ2n) is 7.26. The topological polar surface area (TPSA) is 62.7 Å². The highest BCUT2D eigenvalue weighted by Gasteiger charge is 2.49. The lowest BCUT2D eigenvalue weighted by Gasteiger charge is -2.40. The zero-order valence-electron chi connectivity index (χ0n) is 14.0. The van der Waals surface area contributed by atoms with Crippen LogP contribution in [0.1, 0.15) is 19.3 Å². The average Bonchev–Trinajstić information content (AvgIpc) is 3.30. The minimum absolute atomic E-state index is 0.00709. The second-order valence-corrected chi connectivity index (χ2v) is 9.15. The highest BCUT2D eigenvalue weighted by molar-refractivity contribution is 7.89. The van der Waals surface area contributed by atoms with E-state index in [0.717, 1.165) is 32.0 Å². The van der Waals surface area contributed by atoms with E-state index in [9.17, 15) is 8.42 Å². The molecule has 0 bridgehead atoms. The van der Waals surface area contributed by atoms with Crippen molar-refractivity contribution in [2.75, 3.05) is 33.3 Å². The molecule has 1 aliphatic carbocycles. The number of rotatable bonds is 5. The molecule has 7 heteroatoms. The number of fused-ring (bicyclic) bond motifs is 1. The van der Waals surface area contributed by atoms with Crippen molar-refractivity contribution in [1.82, 2.24) is 14.2 Å². The van der Waals surface area contributed by atoms with Crippen molar-refractivity contribution in [1.29, 1.82) is 0 Å². The second kappa shape index (κ2) is 6.37. The number of methoxy groups -OCH3 is 1. The van der Waals surface area contributed by atoms with E-state index in [2.05, 4.69) is 9.88 Å². The predicted octanol–water partition coefficient (Wildman–Crippen LogP) is 1.20. The van der Waals surface area contributed by atoms with Crippen LogP contribution >= 0.6 is 0 Å². The molecule has 0 radical (unpaired) electrons. The zero-order valence-corrected chi connectivity index (χ0v) is 14.9. The number of ether oxygens (including phenoxy) is 1. The Hall–Kier alpha value is -1.02. The first-order valence-electron chi connectivity index (χ1n) is 8.76. The third-order valence-corrected chi connectivity index (χ3v) is 7.56. The van der Waals surface area contributed by atoms with E-state index >= 15 is 0 Å². The fraction of sp³-hybridized carbons (Fsp3) is 0.706. The molecule has 6 nitrogen and oxygen atoms in total. The van der Waals surface area contributed by atoms with Gasteiger partial charge in [0.1, 0.15) is 4.90 Å². The highest BCUT2D eigenvalue weighted by atomic mass is 32.2. The molecule has 1 saturated carbocycles. The quantitative estimate of drug-likeness (QED) is 0.798. The Kier molecular flexibility index (Phi) is 4.36. The Morgan fingerprint density at radius 1 is 1.29 bits per heavy atom. The summed E-state index contributed by atoms with van der Waals surface area (Å²) in [5.41, 5.74) is 0. The summed E-state index contributed by atoms with van der Waals surface area (Å²) in [5.74, 6) is 1.07. The number of hydrogen-bond acceptors (Lipinski definition) is 5. The van der Waals surface area contributed by atoms with Gasteiger partial charge in [0, 0.05) is 57.6 Å². The van der Waals surface area contributed by atoms with Crippen LogP contribution < -0.4 is 0 Å². The SMILES string of the molecule is CO[C@@H]1CCN(S(=O)(=O)c2cccnc2)[C@@H]2CN(CC3CC3)C[C@@H]21. The monoisotopic (exact) mass is 351 g/mol. The van der Waals surface area contributed by atoms with Gasteiger partial charge in [-0.15, -0.1) is 0 Å². The summed E-state index contributed by atoms with van der Waals surface area (Å²) in [6.07, 6.45) is 6.60. The van der Waals surface area contributed by atoms with Crippen molar-refractivity contribution >= 4 is 10.0 Å². The van der Waals surface area contributed by atoms with Gasteiger partial charge in [-0.05, 0) is 37.3 Å². The molecule has 24 heavy (non-hydrogen) atoms. The third kappa shape index (κ3) is 2.98. The summed E-state index contributed by atoms with van der Waals surface area (Å²) in [5, 5.41) is 0. The van der Waals surface area contributed by atoms with Gasteiger partial charge in [0.25, 0.3) is 0 Å². The molecule has 0 unspecified atom stereocenters. The Labute approximate surface area is 143 Å². The van der Waals surface area contributed by atoms with E-state index in [1.807, 2.05) is 0 Å². The number of nitrogens with zero attached hydrogens (tertiary/aromatic N) is 3. The maximum Gasteiger partial charge on any atom is 0.244 e. The lowest BCUT2D eigenvalue weighted by molar-refractivity contribution is 0.00231. The predicted molar refractivity (Wildman–Crippen MR) is 90.0 cm³/mol. The van der Waals surface area contributed by atoms with Crippen molar-refractivity contribution in [3.63, 3.8) is 0 Å². The van der Waals surface area contributed by atoms with Crippen molar-refractivity contribution in [3.05, 3.63) is 24.5 Å². The summed E-state index contributed by atoms with van der Waals surface area (Å²) in [6, 6.07) is 3.32. The maximum absolute atomic E-state index is 13.1. The van der Waals surface area contributed by atoms with Crippen LogP contribution in [0.3, 0.4) is 0 Å². The van der Waals surface area contributed by atoms with Gasteiger partial charge in [-0.3, -0.25) is 4.98 Å². The van der Waals surface area contributed by atoms with Crippen molar-refractivity contribution in [3.8, 4) is 0 Å². The number of piperidine rings is 1. The van der Waals surface area contributed by atoms with E-state index in [1.54, 1.807) is 29.7 Å².